The predicted molar refractivity (Wildman–Crippen MR) is 132 cm³/mol. The Bertz CT molecular complexity index is 1360. The molecule has 2 aliphatic rings. The predicted octanol–water partition coefficient (Wildman–Crippen LogP) is 3.35. The average Bonchev–Trinajstić information content (AvgIpc) is 3.59. The highest BCUT2D eigenvalue weighted by molar-refractivity contribution is 6.21. The molecule has 9 heteroatoms. The van der Waals surface area contributed by atoms with Crippen LogP contribution in [0.1, 0.15) is 85.0 Å². The molecular weight excluding hydrogens is 446 g/mol. The van der Waals surface area contributed by atoms with Gasteiger partial charge in [0.25, 0.3) is 17.4 Å². The molecule has 2 aromatic heterocycles. The van der Waals surface area contributed by atoms with E-state index in [-0.39, 0.29) is 42.2 Å². The number of hydrogen-bond donors (Lipinski definition) is 0. The molecule has 0 unspecified atom stereocenters. The first kappa shape index (κ1) is 23.3. The normalized spacial score (nSPS) is 16.1. The van der Waals surface area contributed by atoms with Crippen molar-refractivity contribution in [3.05, 3.63) is 62.6 Å². The van der Waals surface area contributed by atoms with Gasteiger partial charge >= 0.3 is 5.69 Å². The molecule has 1 aliphatic carbocycles. The van der Waals surface area contributed by atoms with Gasteiger partial charge in [-0.1, -0.05) is 38.3 Å². The Morgan fingerprint density at radius 2 is 1.49 bits per heavy atom. The zero-order chi connectivity index (χ0) is 24.5. The van der Waals surface area contributed by atoms with E-state index in [0.29, 0.717) is 41.7 Å². The zero-order valence-electron chi connectivity index (χ0n) is 20.1. The molecule has 5 rings (SSSR count). The number of carbonyl (C=O) groups excluding carboxylic acids is 2. The number of fused-ring (bicyclic) bond motifs is 2. The standard InChI is InChI=1S/C26H31N5O4/c1-2-3-14-28-22-21(31(17-27-22)18-10-4-5-11-18)25(34)30(26(28)35)16-9-8-15-29-23(32)19-12-6-7-13-20(19)24(29)33/h6-7,12-13,17-18H,2-5,8-11,14-16H2,1H3. The van der Waals surface area contributed by atoms with Crippen LogP contribution in [0.15, 0.2) is 40.2 Å². The summed E-state index contributed by atoms with van der Waals surface area (Å²) in [7, 11) is 0. The Morgan fingerprint density at radius 1 is 0.857 bits per heavy atom. The van der Waals surface area contributed by atoms with Gasteiger partial charge < -0.3 is 4.57 Å². The van der Waals surface area contributed by atoms with Crippen molar-refractivity contribution in [3.8, 4) is 0 Å². The third-order valence-electron chi connectivity index (χ3n) is 7.28. The molecule has 1 saturated carbocycles. The van der Waals surface area contributed by atoms with E-state index >= 15 is 0 Å². The fourth-order valence-electron chi connectivity index (χ4n) is 5.36. The molecule has 0 spiro atoms. The summed E-state index contributed by atoms with van der Waals surface area (Å²) in [5.74, 6) is -0.571. The lowest BCUT2D eigenvalue weighted by molar-refractivity contribution is 0.0651. The molecule has 3 aromatic rings. The van der Waals surface area contributed by atoms with Crippen LogP contribution >= 0.6 is 0 Å². The number of imide groups is 1. The summed E-state index contributed by atoms with van der Waals surface area (Å²) in [5, 5.41) is 0. The molecule has 184 valence electrons. The van der Waals surface area contributed by atoms with Crippen LogP contribution in [0.4, 0.5) is 0 Å². The molecule has 1 fully saturated rings. The Balaban J connectivity index is 1.37. The van der Waals surface area contributed by atoms with Gasteiger partial charge in [-0.25, -0.2) is 9.78 Å². The molecule has 0 radical (unpaired) electrons. The third kappa shape index (κ3) is 4.02. The fourth-order valence-corrected chi connectivity index (χ4v) is 5.36. The van der Waals surface area contributed by atoms with E-state index in [9.17, 15) is 19.2 Å². The number of aromatic nitrogens is 4. The summed E-state index contributed by atoms with van der Waals surface area (Å²) < 4.78 is 4.92. The summed E-state index contributed by atoms with van der Waals surface area (Å²) in [6, 6.07) is 7.06. The molecule has 2 amide bonds. The van der Waals surface area contributed by atoms with Crippen molar-refractivity contribution >= 4 is 23.0 Å². The maximum atomic E-state index is 13.5. The van der Waals surface area contributed by atoms with Crippen LogP contribution in [0.2, 0.25) is 0 Å². The molecule has 3 heterocycles. The number of amides is 2. The summed E-state index contributed by atoms with van der Waals surface area (Å²) in [5.41, 5.74) is 1.20. The molecule has 1 aromatic carbocycles. The lowest BCUT2D eigenvalue weighted by Crippen LogP contribution is -2.41. The van der Waals surface area contributed by atoms with Gasteiger partial charge in [-0.15, -0.1) is 0 Å². The molecule has 0 atom stereocenters. The van der Waals surface area contributed by atoms with Crippen molar-refractivity contribution in [3.63, 3.8) is 0 Å². The van der Waals surface area contributed by atoms with Crippen molar-refractivity contribution in [2.24, 2.45) is 0 Å². The maximum Gasteiger partial charge on any atom is 0.332 e. The SMILES string of the molecule is CCCCn1c(=O)n(CCCCN2C(=O)c3ccccc3C2=O)c(=O)c2c1ncn2C1CCCC1. The van der Waals surface area contributed by atoms with E-state index in [0.717, 1.165) is 38.5 Å². The van der Waals surface area contributed by atoms with Crippen molar-refractivity contribution in [2.75, 3.05) is 6.54 Å². The van der Waals surface area contributed by atoms with Gasteiger partial charge in [-0.2, -0.15) is 0 Å². The van der Waals surface area contributed by atoms with Gasteiger partial charge in [-0.3, -0.25) is 28.4 Å². The number of benzene rings is 1. The van der Waals surface area contributed by atoms with E-state index in [4.69, 9.17) is 0 Å². The monoisotopic (exact) mass is 477 g/mol. The average molecular weight is 478 g/mol. The number of rotatable bonds is 9. The Kier molecular flexibility index (Phi) is 6.40. The molecule has 0 bridgehead atoms. The molecule has 35 heavy (non-hydrogen) atoms. The van der Waals surface area contributed by atoms with Gasteiger partial charge in [0.2, 0.25) is 0 Å². The minimum atomic E-state index is -0.339. The van der Waals surface area contributed by atoms with Crippen LogP contribution in [0, 0.1) is 0 Å². The lowest BCUT2D eigenvalue weighted by Gasteiger charge is -2.16. The van der Waals surface area contributed by atoms with Crippen LogP contribution in [0.5, 0.6) is 0 Å². The number of unbranched alkanes of at least 4 members (excludes halogenated alkanes) is 2. The van der Waals surface area contributed by atoms with Crippen LogP contribution in [0.25, 0.3) is 11.2 Å². The second kappa shape index (κ2) is 9.64. The molecular formula is C26H31N5O4. The van der Waals surface area contributed by atoms with Crippen molar-refractivity contribution in [1.29, 1.82) is 0 Å². The first-order valence-corrected chi connectivity index (χ1v) is 12.7. The van der Waals surface area contributed by atoms with Crippen LogP contribution in [-0.2, 0) is 13.1 Å². The first-order valence-electron chi connectivity index (χ1n) is 12.7. The fraction of sp³-hybridized carbons (Fsp3) is 0.500. The lowest BCUT2D eigenvalue weighted by atomic mass is 10.1. The van der Waals surface area contributed by atoms with E-state index in [1.807, 2.05) is 4.57 Å². The summed E-state index contributed by atoms with van der Waals surface area (Å²) in [6.45, 7) is 3.07. The first-order chi connectivity index (χ1) is 17.0. The molecule has 1 aliphatic heterocycles. The number of imidazole rings is 1. The number of hydrogen-bond acceptors (Lipinski definition) is 5. The quantitative estimate of drug-likeness (QED) is 0.348. The molecule has 0 saturated heterocycles. The number of nitrogens with zero attached hydrogens (tertiary/aromatic N) is 5. The van der Waals surface area contributed by atoms with E-state index < -0.39 is 0 Å². The Hall–Kier alpha value is -3.49. The van der Waals surface area contributed by atoms with Crippen LogP contribution in [0.3, 0.4) is 0 Å². The number of carbonyl (C=O) groups is 2. The smallest absolute Gasteiger partial charge is 0.322 e. The maximum absolute atomic E-state index is 13.5. The molecule has 9 nitrogen and oxygen atoms in total. The topological polar surface area (TPSA) is 99.2 Å². The third-order valence-corrected chi connectivity index (χ3v) is 7.28. The second-order valence-electron chi connectivity index (χ2n) is 9.52. The highest BCUT2D eigenvalue weighted by Gasteiger charge is 2.34. The minimum absolute atomic E-state index is 0.235. The highest BCUT2D eigenvalue weighted by atomic mass is 16.2. The van der Waals surface area contributed by atoms with Crippen molar-refractivity contribution in [1.82, 2.24) is 23.6 Å². The summed E-state index contributed by atoms with van der Waals surface area (Å²) in [6.07, 6.45) is 8.76. The van der Waals surface area contributed by atoms with E-state index in [1.165, 1.54) is 9.47 Å². The van der Waals surface area contributed by atoms with Gasteiger partial charge in [0.1, 0.15) is 0 Å². The second-order valence-corrected chi connectivity index (χ2v) is 9.52. The minimum Gasteiger partial charge on any atom is -0.322 e. The summed E-state index contributed by atoms with van der Waals surface area (Å²) in [4.78, 5) is 57.7. The van der Waals surface area contributed by atoms with Crippen LogP contribution < -0.4 is 11.2 Å². The van der Waals surface area contributed by atoms with E-state index in [2.05, 4.69) is 11.9 Å². The zero-order valence-corrected chi connectivity index (χ0v) is 20.1. The largest absolute Gasteiger partial charge is 0.332 e. The Morgan fingerprint density at radius 3 is 2.14 bits per heavy atom. The van der Waals surface area contributed by atoms with Crippen molar-refractivity contribution < 1.29 is 9.59 Å². The number of aryl methyl sites for hydroxylation is 1. The Labute approximate surface area is 203 Å². The van der Waals surface area contributed by atoms with Gasteiger partial charge in [0.15, 0.2) is 11.2 Å². The van der Waals surface area contributed by atoms with Gasteiger partial charge in [0.05, 0.1) is 17.5 Å². The summed E-state index contributed by atoms with van der Waals surface area (Å²) >= 11 is 0. The van der Waals surface area contributed by atoms with Crippen molar-refractivity contribution in [2.45, 2.75) is 77.4 Å². The highest BCUT2D eigenvalue weighted by Crippen LogP contribution is 2.31. The molecule has 0 N–H and O–H groups in total. The van der Waals surface area contributed by atoms with Gasteiger partial charge in [-0.05, 0) is 44.2 Å². The van der Waals surface area contributed by atoms with Gasteiger partial charge in [0, 0.05) is 25.7 Å². The van der Waals surface area contributed by atoms with E-state index in [1.54, 1.807) is 35.2 Å². The van der Waals surface area contributed by atoms with Crippen LogP contribution in [-0.4, -0.2) is 41.9 Å².